The maximum Gasteiger partial charge on any atom is 0.260 e. The lowest BCUT2D eigenvalue weighted by Gasteiger charge is -2.33. The number of benzene rings is 2. The van der Waals surface area contributed by atoms with Gasteiger partial charge >= 0.3 is 0 Å². The van der Waals surface area contributed by atoms with E-state index < -0.39 is 6.04 Å². The van der Waals surface area contributed by atoms with Crippen molar-refractivity contribution in [2.45, 2.75) is 39.9 Å². The van der Waals surface area contributed by atoms with E-state index in [1.165, 1.54) is 5.56 Å². The molecule has 3 N–H and O–H groups in total. The van der Waals surface area contributed by atoms with Crippen molar-refractivity contribution in [1.82, 2.24) is 20.3 Å². The molecule has 0 saturated heterocycles. The molecule has 1 atom stereocenters. The molecule has 0 aliphatic heterocycles. The number of hydrogen-bond donors (Lipinski definition) is 3. The molecule has 1 heterocycles. The number of carbonyl (C=O) groups is 1. The first-order valence-electron chi connectivity index (χ1n) is 9.13. The summed E-state index contributed by atoms with van der Waals surface area (Å²) in [5.41, 5.74) is 7.12. The molecule has 0 aliphatic carbocycles. The van der Waals surface area contributed by atoms with Gasteiger partial charge in [-0.05, 0) is 36.1 Å². The predicted octanol–water partition coefficient (Wildman–Crippen LogP) is 3.40. The molecule has 27 heavy (non-hydrogen) atoms. The van der Waals surface area contributed by atoms with Crippen LogP contribution in [0.4, 0.5) is 0 Å². The molecule has 0 bridgehead atoms. The number of aromatic nitrogens is 2. The van der Waals surface area contributed by atoms with Gasteiger partial charge in [0.1, 0.15) is 0 Å². The summed E-state index contributed by atoms with van der Waals surface area (Å²) in [6, 6.07) is 13.9. The highest BCUT2D eigenvalue weighted by Crippen LogP contribution is 2.21. The van der Waals surface area contributed by atoms with Crippen LogP contribution in [0.5, 0.6) is 0 Å². The molecule has 3 aromatic rings. The fourth-order valence-electron chi connectivity index (χ4n) is 3.45. The number of nitrogens with zero attached hydrogens (tertiary/aromatic N) is 2. The molecule has 1 aromatic heterocycles. The monoisotopic (exact) mass is 366 g/mol. The summed E-state index contributed by atoms with van der Waals surface area (Å²) in [6.45, 7) is 7.22. The molecular formula is C21H26N4O2. The van der Waals surface area contributed by atoms with Crippen LogP contribution in [-0.4, -0.2) is 32.0 Å². The van der Waals surface area contributed by atoms with E-state index in [9.17, 15) is 10.0 Å². The van der Waals surface area contributed by atoms with Gasteiger partial charge in [-0.1, -0.05) is 49.7 Å². The molecule has 3 rings (SSSR count). The fourth-order valence-corrected chi connectivity index (χ4v) is 3.45. The normalized spacial score (nSPS) is 12.7. The number of nitrogens with one attached hydrogen (secondary N) is 2. The number of rotatable bonds is 7. The molecule has 142 valence electrons. The Morgan fingerprint density at radius 2 is 1.81 bits per heavy atom. The van der Waals surface area contributed by atoms with Crippen LogP contribution in [0.15, 0.2) is 48.8 Å². The third-order valence-electron chi connectivity index (χ3n) is 4.78. The van der Waals surface area contributed by atoms with Crippen molar-refractivity contribution in [3.8, 4) is 0 Å². The smallest absolute Gasteiger partial charge is 0.260 e. The van der Waals surface area contributed by atoms with Crippen molar-refractivity contribution in [2.75, 3.05) is 0 Å². The topological polar surface area (TPSA) is 81.2 Å². The number of aryl methyl sites for hydroxylation is 1. The van der Waals surface area contributed by atoms with Crippen molar-refractivity contribution in [1.29, 1.82) is 0 Å². The SMILES string of the molecule is Cc1ccc(CN(Cc2ccc3nc[nH]c3c2)[C@@H](C(=O)NO)C(C)C)cc1. The number of imidazole rings is 1. The lowest BCUT2D eigenvalue weighted by atomic mass is 9.99. The third kappa shape index (κ3) is 4.53. The Morgan fingerprint density at radius 3 is 2.48 bits per heavy atom. The van der Waals surface area contributed by atoms with E-state index in [2.05, 4.69) is 52.1 Å². The Balaban J connectivity index is 1.91. The number of aromatic amines is 1. The van der Waals surface area contributed by atoms with Crippen molar-refractivity contribution in [3.05, 3.63) is 65.5 Å². The van der Waals surface area contributed by atoms with Crippen LogP contribution < -0.4 is 5.48 Å². The lowest BCUT2D eigenvalue weighted by Crippen LogP contribution is -2.48. The Hall–Kier alpha value is -2.70. The van der Waals surface area contributed by atoms with E-state index in [0.29, 0.717) is 13.1 Å². The van der Waals surface area contributed by atoms with E-state index in [1.807, 2.05) is 31.5 Å². The van der Waals surface area contributed by atoms with E-state index >= 15 is 0 Å². The van der Waals surface area contributed by atoms with Gasteiger partial charge in [0.25, 0.3) is 5.91 Å². The zero-order valence-electron chi connectivity index (χ0n) is 15.9. The molecule has 0 spiro atoms. The molecule has 0 unspecified atom stereocenters. The summed E-state index contributed by atoms with van der Waals surface area (Å²) in [6.07, 6.45) is 1.68. The van der Waals surface area contributed by atoms with Gasteiger partial charge in [0.05, 0.1) is 23.4 Å². The van der Waals surface area contributed by atoms with Crippen LogP contribution in [0.1, 0.15) is 30.5 Å². The maximum atomic E-state index is 12.4. The van der Waals surface area contributed by atoms with E-state index in [4.69, 9.17) is 0 Å². The van der Waals surface area contributed by atoms with Crippen LogP contribution in [-0.2, 0) is 17.9 Å². The molecule has 2 aromatic carbocycles. The third-order valence-corrected chi connectivity index (χ3v) is 4.78. The zero-order chi connectivity index (χ0) is 19.4. The van der Waals surface area contributed by atoms with Gasteiger partial charge in [0.15, 0.2) is 0 Å². The summed E-state index contributed by atoms with van der Waals surface area (Å²) in [5, 5.41) is 9.25. The fraction of sp³-hybridized carbons (Fsp3) is 0.333. The number of amides is 1. The Morgan fingerprint density at radius 1 is 1.15 bits per heavy atom. The number of H-pyrrole nitrogens is 1. The van der Waals surface area contributed by atoms with Crippen LogP contribution in [0.25, 0.3) is 11.0 Å². The molecule has 6 nitrogen and oxygen atoms in total. The minimum Gasteiger partial charge on any atom is -0.345 e. The quantitative estimate of drug-likeness (QED) is 0.442. The second kappa shape index (κ2) is 8.33. The van der Waals surface area contributed by atoms with Crippen LogP contribution in [0.3, 0.4) is 0 Å². The zero-order valence-corrected chi connectivity index (χ0v) is 15.9. The maximum absolute atomic E-state index is 12.4. The molecule has 0 radical (unpaired) electrons. The predicted molar refractivity (Wildman–Crippen MR) is 105 cm³/mol. The van der Waals surface area contributed by atoms with Crippen LogP contribution >= 0.6 is 0 Å². The average Bonchev–Trinajstić information content (AvgIpc) is 3.11. The van der Waals surface area contributed by atoms with E-state index in [0.717, 1.165) is 22.2 Å². The molecule has 0 aliphatic rings. The molecule has 1 amide bonds. The minimum absolute atomic E-state index is 0.0403. The molecule has 6 heteroatoms. The Labute approximate surface area is 159 Å². The van der Waals surface area contributed by atoms with Crippen molar-refractivity contribution in [2.24, 2.45) is 5.92 Å². The van der Waals surface area contributed by atoms with Gasteiger partial charge in [-0.2, -0.15) is 0 Å². The highest BCUT2D eigenvalue weighted by Gasteiger charge is 2.29. The van der Waals surface area contributed by atoms with Crippen molar-refractivity contribution in [3.63, 3.8) is 0 Å². The Kier molecular flexibility index (Phi) is 5.88. The largest absolute Gasteiger partial charge is 0.345 e. The number of hydrogen-bond acceptors (Lipinski definition) is 4. The van der Waals surface area contributed by atoms with E-state index in [1.54, 1.807) is 6.33 Å². The Bertz CT molecular complexity index is 902. The summed E-state index contributed by atoms with van der Waals surface area (Å²) in [4.78, 5) is 21.9. The summed E-state index contributed by atoms with van der Waals surface area (Å²) >= 11 is 0. The second-order valence-corrected chi connectivity index (χ2v) is 7.31. The summed E-state index contributed by atoms with van der Waals surface area (Å²) in [5.74, 6) is -0.349. The first-order chi connectivity index (χ1) is 13.0. The first kappa shape index (κ1) is 19.1. The van der Waals surface area contributed by atoms with Crippen molar-refractivity contribution < 1.29 is 10.0 Å². The number of fused-ring (bicyclic) bond motifs is 1. The minimum atomic E-state index is -0.450. The van der Waals surface area contributed by atoms with Crippen LogP contribution in [0, 0.1) is 12.8 Å². The van der Waals surface area contributed by atoms with Gasteiger partial charge < -0.3 is 4.98 Å². The highest BCUT2D eigenvalue weighted by molar-refractivity contribution is 5.81. The second-order valence-electron chi connectivity index (χ2n) is 7.31. The summed E-state index contributed by atoms with van der Waals surface area (Å²) < 4.78 is 0. The first-order valence-corrected chi connectivity index (χ1v) is 9.13. The lowest BCUT2D eigenvalue weighted by molar-refractivity contribution is -0.137. The van der Waals surface area contributed by atoms with Crippen LogP contribution in [0.2, 0.25) is 0 Å². The highest BCUT2D eigenvalue weighted by atomic mass is 16.5. The number of carbonyl (C=O) groups excluding carboxylic acids is 1. The van der Waals surface area contributed by atoms with Gasteiger partial charge in [0, 0.05) is 13.1 Å². The van der Waals surface area contributed by atoms with Gasteiger partial charge in [-0.25, -0.2) is 10.5 Å². The summed E-state index contributed by atoms with van der Waals surface area (Å²) in [7, 11) is 0. The number of hydroxylamine groups is 1. The molecule has 0 saturated carbocycles. The van der Waals surface area contributed by atoms with Gasteiger partial charge in [-0.15, -0.1) is 0 Å². The van der Waals surface area contributed by atoms with Gasteiger partial charge in [0.2, 0.25) is 0 Å². The molecule has 0 fully saturated rings. The van der Waals surface area contributed by atoms with Gasteiger partial charge in [-0.3, -0.25) is 14.9 Å². The standard InChI is InChI=1S/C21H26N4O2/c1-14(2)20(21(26)24-27)25(11-16-6-4-15(3)5-7-16)12-17-8-9-18-19(10-17)23-13-22-18/h4-10,13-14,20,27H,11-12H2,1-3H3,(H,22,23)(H,24,26)/t20-/m1/s1. The molecular weight excluding hydrogens is 340 g/mol. The van der Waals surface area contributed by atoms with E-state index in [-0.39, 0.29) is 11.8 Å². The average molecular weight is 366 g/mol. The van der Waals surface area contributed by atoms with Crippen molar-refractivity contribution >= 4 is 16.9 Å².